The highest BCUT2D eigenvalue weighted by Crippen LogP contribution is 2.41. The molecule has 0 fully saturated rings. The second-order valence-corrected chi connectivity index (χ2v) is 11.3. The van der Waals surface area contributed by atoms with Crippen LogP contribution in [0.4, 0.5) is 38.1 Å². The molecule has 0 bridgehead atoms. The fourth-order valence-corrected chi connectivity index (χ4v) is 5.24. The number of nitrogens with zero attached hydrogens (tertiary/aromatic N) is 3. The van der Waals surface area contributed by atoms with Gasteiger partial charge in [-0.3, -0.25) is 19.1 Å². The van der Waals surface area contributed by atoms with Crippen LogP contribution in [-0.4, -0.2) is 66.4 Å². The molecule has 2 unspecified atom stereocenters. The van der Waals surface area contributed by atoms with Gasteiger partial charge in [0.25, 0.3) is 15.9 Å². The minimum atomic E-state index is -4.89. The molecule has 2 atom stereocenters. The van der Waals surface area contributed by atoms with Crippen LogP contribution >= 0.6 is 0 Å². The molecule has 2 aromatic rings. The maximum absolute atomic E-state index is 13.8. The average molecular weight is 615 g/mol. The molecule has 18 heteroatoms. The number of aryl methyl sites for hydroxylation is 1. The number of rotatable bonds is 10. The number of carboxylic acid groups (broad SMARTS) is 1. The molecule has 2 heterocycles. The molecule has 1 amide bonds. The number of ether oxygens (including phenoxy) is 3. The second-order valence-electron chi connectivity index (χ2n) is 9.49. The summed E-state index contributed by atoms with van der Waals surface area (Å²) in [5.41, 5.74) is -3.27. The van der Waals surface area contributed by atoms with Gasteiger partial charge in [-0.2, -0.15) is 22.0 Å². The second kappa shape index (κ2) is 11.6. The van der Waals surface area contributed by atoms with Gasteiger partial charge in [0.05, 0.1) is 18.2 Å². The Balaban J connectivity index is 2.05. The normalized spacial score (nSPS) is 16.5. The summed E-state index contributed by atoms with van der Waals surface area (Å²) in [7, 11) is -4.75. The molecular formula is C23H27F5N4O8S. The van der Waals surface area contributed by atoms with Gasteiger partial charge in [-0.25, -0.2) is 13.2 Å². The smallest absolute Gasteiger partial charge is 0.427 e. The molecule has 1 aromatic heterocycles. The van der Waals surface area contributed by atoms with Gasteiger partial charge in [0.1, 0.15) is 11.9 Å². The minimum absolute atomic E-state index is 0.0953. The van der Waals surface area contributed by atoms with Crippen LogP contribution < -0.4 is 19.1 Å². The maximum atomic E-state index is 13.8. The summed E-state index contributed by atoms with van der Waals surface area (Å²) in [6.07, 6.45) is -6.57. The lowest BCUT2D eigenvalue weighted by atomic mass is 10.0. The zero-order valence-electron chi connectivity index (χ0n) is 22.1. The van der Waals surface area contributed by atoms with Crippen molar-refractivity contribution in [3.05, 3.63) is 24.4 Å². The van der Waals surface area contributed by atoms with Crippen LogP contribution in [0.2, 0.25) is 0 Å². The first-order chi connectivity index (χ1) is 18.9. The van der Waals surface area contributed by atoms with Crippen molar-refractivity contribution in [2.24, 2.45) is 5.92 Å². The monoisotopic (exact) mass is 614 g/mol. The molecule has 1 aliphatic rings. The van der Waals surface area contributed by atoms with E-state index in [1.165, 1.54) is 19.1 Å². The van der Waals surface area contributed by atoms with E-state index in [-0.39, 0.29) is 30.1 Å². The fourth-order valence-electron chi connectivity index (χ4n) is 3.68. The molecule has 0 spiro atoms. The maximum Gasteiger partial charge on any atom is 0.427 e. The molecule has 12 nitrogen and oxygen atoms in total. The number of aliphatic carboxylic acids is 1. The molecule has 0 saturated heterocycles. The Morgan fingerprint density at radius 2 is 1.93 bits per heavy atom. The van der Waals surface area contributed by atoms with E-state index in [0.29, 0.717) is 13.8 Å². The molecule has 3 rings (SSSR count). The lowest BCUT2D eigenvalue weighted by Crippen LogP contribution is -2.45. The first kappa shape index (κ1) is 31.7. The molecule has 0 saturated carbocycles. The third-order valence-electron chi connectivity index (χ3n) is 5.99. The zero-order chi connectivity index (χ0) is 30.9. The van der Waals surface area contributed by atoms with Crippen molar-refractivity contribution in [1.82, 2.24) is 9.78 Å². The Bertz CT molecular complexity index is 1400. The van der Waals surface area contributed by atoms with E-state index in [9.17, 15) is 45.1 Å². The van der Waals surface area contributed by atoms with Gasteiger partial charge >= 0.3 is 24.9 Å². The van der Waals surface area contributed by atoms with Crippen LogP contribution in [-0.2, 0) is 26.1 Å². The molecule has 0 radical (unpaired) electrons. The van der Waals surface area contributed by atoms with Crippen LogP contribution in [0.25, 0.3) is 0 Å². The summed E-state index contributed by atoms with van der Waals surface area (Å²) >= 11 is 0. The number of anilines is 2. The highest BCUT2D eigenvalue weighted by atomic mass is 32.2. The van der Waals surface area contributed by atoms with Crippen molar-refractivity contribution >= 4 is 33.5 Å². The number of hydrogen-bond acceptors (Lipinski definition) is 8. The lowest BCUT2D eigenvalue weighted by molar-refractivity contribution is -0.242. The number of halogens is 5. The van der Waals surface area contributed by atoms with E-state index in [4.69, 9.17) is 4.74 Å². The van der Waals surface area contributed by atoms with Crippen LogP contribution in [0.3, 0.4) is 0 Å². The van der Waals surface area contributed by atoms with Gasteiger partial charge < -0.3 is 19.3 Å². The largest absolute Gasteiger partial charge is 0.486 e. The molecule has 228 valence electrons. The summed E-state index contributed by atoms with van der Waals surface area (Å²) in [6, 6.07) is 3.45. The number of benzene rings is 1. The van der Waals surface area contributed by atoms with Gasteiger partial charge in [-0.1, -0.05) is 6.92 Å². The number of fused-ring (bicyclic) bond motifs is 1. The fraction of sp³-hybridized carbons (Fsp3) is 0.522. The number of amides is 1. The molecule has 2 N–H and O–H groups in total. The van der Waals surface area contributed by atoms with Gasteiger partial charge in [-0.05, 0) is 45.4 Å². The molecular weight excluding hydrogens is 587 g/mol. The predicted octanol–water partition coefficient (Wildman–Crippen LogP) is 4.46. The van der Waals surface area contributed by atoms with Gasteiger partial charge in [-0.15, -0.1) is 5.10 Å². The Kier molecular flexibility index (Phi) is 8.95. The van der Waals surface area contributed by atoms with Crippen molar-refractivity contribution in [3.8, 4) is 11.6 Å². The Morgan fingerprint density at radius 1 is 1.27 bits per heavy atom. The molecule has 41 heavy (non-hydrogen) atoms. The summed E-state index contributed by atoms with van der Waals surface area (Å²) in [5, 5.41) is 15.1. The average Bonchev–Trinajstić information content (AvgIpc) is 3.25. The number of sulfonamides is 1. The van der Waals surface area contributed by atoms with Crippen LogP contribution in [0, 0.1) is 5.92 Å². The van der Waals surface area contributed by atoms with E-state index in [0.717, 1.165) is 21.3 Å². The van der Waals surface area contributed by atoms with Crippen LogP contribution in [0.5, 0.6) is 11.6 Å². The standard InChI is InChI=1S/C23H27F5N4O8S/c1-5-31-11-17(18(30-31)39-20(24)25)41(36,37)32-10-14(8-12(2)19(33)34)38-16-7-6-13(9-15(16)32)29-21(35)40-22(3,4)23(26,27)28/h6-7,9,11-12,14,20H,5,8,10H2,1-4H3,(H,29,35)(H,33,34). The third kappa shape index (κ3) is 7.09. The number of carbonyl (C=O) groups excluding carboxylic acids is 1. The van der Waals surface area contributed by atoms with Gasteiger partial charge in [0.2, 0.25) is 5.60 Å². The van der Waals surface area contributed by atoms with E-state index >= 15 is 0 Å². The highest BCUT2D eigenvalue weighted by molar-refractivity contribution is 7.93. The Labute approximate surface area is 231 Å². The van der Waals surface area contributed by atoms with Crippen LogP contribution in [0.15, 0.2) is 29.3 Å². The molecule has 0 aliphatic carbocycles. The van der Waals surface area contributed by atoms with Gasteiger partial charge in [0.15, 0.2) is 4.90 Å². The van der Waals surface area contributed by atoms with Crippen molar-refractivity contribution < 1.29 is 59.3 Å². The summed E-state index contributed by atoms with van der Waals surface area (Å²) in [6.45, 7) is 0.407. The summed E-state index contributed by atoms with van der Waals surface area (Å²) < 4.78 is 109. The predicted molar refractivity (Wildman–Crippen MR) is 132 cm³/mol. The summed E-state index contributed by atoms with van der Waals surface area (Å²) in [5.74, 6) is -3.13. The molecule has 1 aliphatic heterocycles. The minimum Gasteiger partial charge on any atom is -0.486 e. The first-order valence-corrected chi connectivity index (χ1v) is 13.4. The number of alkyl halides is 5. The van der Waals surface area contributed by atoms with E-state index in [2.05, 4.69) is 19.9 Å². The quantitative estimate of drug-likeness (QED) is 0.370. The number of aromatic nitrogens is 2. The molecule has 1 aromatic carbocycles. The van der Waals surface area contributed by atoms with E-state index in [1.807, 2.05) is 0 Å². The number of carboxylic acids is 1. The lowest BCUT2D eigenvalue weighted by Gasteiger charge is -2.36. The Hall–Kier alpha value is -3.83. The number of hydrogen-bond donors (Lipinski definition) is 2. The van der Waals surface area contributed by atoms with Crippen molar-refractivity contribution in [3.63, 3.8) is 0 Å². The summed E-state index contributed by atoms with van der Waals surface area (Å²) in [4.78, 5) is 22.9. The van der Waals surface area contributed by atoms with Crippen molar-refractivity contribution in [2.75, 3.05) is 16.2 Å². The number of carbonyl (C=O) groups is 2. The third-order valence-corrected chi connectivity index (χ3v) is 7.76. The van der Waals surface area contributed by atoms with Gasteiger partial charge in [0, 0.05) is 18.4 Å². The Morgan fingerprint density at radius 3 is 2.49 bits per heavy atom. The van der Waals surface area contributed by atoms with Crippen molar-refractivity contribution in [2.45, 2.75) is 70.0 Å². The number of nitrogens with one attached hydrogen (secondary N) is 1. The van der Waals surface area contributed by atoms with E-state index < -0.39 is 69.8 Å². The highest BCUT2D eigenvalue weighted by Gasteiger charge is 2.51. The van der Waals surface area contributed by atoms with E-state index in [1.54, 1.807) is 6.92 Å². The topological polar surface area (TPSA) is 149 Å². The SMILES string of the molecule is CCn1cc(S(=O)(=O)N2CC(CC(C)C(=O)O)Oc3ccc(NC(=O)OC(C)(C)C(F)(F)F)cc32)c(OC(F)F)n1. The zero-order valence-corrected chi connectivity index (χ0v) is 22.9. The van der Waals surface area contributed by atoms with Crippen LogP contribution in [0.1, 0.15) is 34.1 Å². The first-order valence-electron chi connectivity index (χ1n) is 12.0. The van der Waals surface area contributed by atoms with Crippen molar-refractivity contribution in [1.29, 1.82) is 0 Å².